The Kier molecular flexibility index (Phi) is 8.49. The number of methoxy groups -OCH3 is 1. The normalized spacial score (nSPS) is 18.3. The minimum atomic E-state index is -0.588. The van der Waals surface area contributed by atoms with Gasteiger partial charge in [-0.05, 0) is 43.7 Å². The lowest BCUT2D eigenvalue weighted by Gasteiger charge is -2.27. The molecule has 2 rings (SSSR count). The number of hydrogen-bond donors (Lipinski definition) is 3. The van der Waals surface area contributed by atoms with Gasteiger partial charge in [0, 0.05) is 38.2 Å². The van der Waals surface area contributed by atoms with Crippen molar-refractivity contribution < 1.29 is 9.84 Å². The molecule has 1 unspecified atom stereocenters. The van der Waals surface area contributed by atoms with Gasteiger partial charge in [-0.2, -0.15) is 0 Å². The molecule has 0 amide bonds. The van der Waals surface area contributed by atoms with Crippen molar-refractivity contribution in [2.75, 3.05) is 33.4 Å². The first kappa shape index (κ1) is 20.5. The molecule has 1 atom stereocenters. The largest absolute Gasteiger partial charge is 0.386 e. The van der Waals surface area contributed by atoms with Crippen LogP contribution in [0.1, 0.15) is 50.0 Å². The van der Waals surface area contributed by atoms with Crippen molar-refractivity contribution in [1.29, 1.82) is 0 Å². The molecule has 0 radical (unpaired) electrons. The summed E-state index contributed by atoms with van der Waals surface area (Å²) in [7, 11) is 1.76. The molecule has 25 heavy (non-hydrogen) atoms. The number of nitrogens with zero attached hydrogens (tertiary/aromatic N) is 1. The molecular weight excluding hydrogens is 358 g/mol. The fraction of sp³-hybridized carbons (Fsp3) is 0.722. The molecule has 142 valence electrons. The average molecular weight is 388 g/mol. The second-order valence-corrected chi connectivity index (χ2v) is 8.43. The van der Waals surface area contributed by atoms with Gasteiger partial charge in [-0.15, -0.1) is 11.3 Å². The van der Waals surface area contributed by atoms with Gasteiger partial charge >= 0.3 is 0 Å². The molecular formula is C18H30ClN3O2S. The summed E-state index contributed by atoms with van der Waals surface area (Å²) >= 11 is 7.34. The van der Waals surface area contributed by atoms with Crippen LogP contribution in [0.2, 0.25) is 4.34 Å². The van der Waals surface area contributed by atoms with Crippen LogP contribution >= 0.6 is 22.9 Å². The molecule has 3 N–H and O–H groups in total. The van der Waals surface area contributed by atoms with Crippen LogP contribution in [0, 0.1) is 5.41 Å². The standard InChI is InChI=1S/C18H30ClN3O2S/c1-3-20-17(21-12-14(23)15-6-7-16(19)25-15)22-13-18(10-11-24-2)8-4-5-9-18/h6-7,14,23H,3-5,8-13H2,1-2H3,(H2,20,21,22). The summed E-state index contributed by atoms with van der Waals surface area (Å²) in [5.41, 5.74) is 0.262. The molecule has 1 fully saturated rings. The van der Waals surface area contributed by atoms with E-state index in [-0.39, 0.29) is 5.41 Å². The van der Waals surface area contributed by atoms with Crippen LogP contribution in [0.3, 0.4) is 0 Å². The summed E-state index contributed by atoms with van der Waals surface area (Å²) < 4.78 is 5.98. The van der Waals surface area contributed by atoms with Crippen LogP contribution in [-0.2, 0) is 4.74 Å². The summed E-state index contributed by atoms with van der Waals surface area (Å²) in [5.74, 6) is 0.757. The number of halogens is 1. The molecule has 1 saturated carbocycles. The number of thiophene rings is 1. The van der Waals surface area contributed by atoms with Gasteiger partial charge in [-0.3, -0.25) is 4.99 Å². The van der Waals surface area contributed by atoms with Gasteiger partial charge in [0.15, 0.2) is 5.96 Å². The van der Waals surface area contributed by atoms with E-state index in [2.05, 4.69) is 10.6 Å². The van der Waals surface area contributed by atoms with Gasteiger partial charge in [0.2, 0.25) is 0 Å². The summed E-state index contributed by atoms with van der Waals surface area (Å²) in [5, 5.41) is 16.8. The molecule has 7 heteroatoms. The molecule has 0 aromatic carbocycles. The fourth-order valence-corrected chi connectivity index (χ4v) is 4.37. The van der Waals surface area contributed by atoms with E-state index >= 15 is 0 Å². The third-order valence-electron chi connectivity index (χ3n) is 4.80. The summed E-state index contributed by atoms with van der Waals surface area (Å²) in [6, 6.07) is 3.67. The van der Waals surface area contributed by atoms with Gasteiger partial charge in [0.25, 0.3) is 0 Å². The predicted octanol–water partition coefficient (Wildman–Crippen LogP) is 3.59. The zero-order valence-electron chi connectivity index (χ0n) is 15.2. The Bertz CT molecular complexity index is 544. The molecule has 0 bridgehead atoms. The smallest absolute Gasteiger partial charge is 0.191 e. The highest BCUT2D eigenvalue weighted by Crippen LogP contribution is 2.41. The molecule has 0 saturated heterocycles. The van der Waals surface area contributed by atoms with E-state index in [0.29, 0.717) is 10.9 Å². The van der Waals surface area contributed by atoms with Crippen LogP contribution in [0.25, 0.3) is 0 Å². The van der Waals surface area contributed by atoms with Gasteiger partial charge in [-0.1, -0.05) is 24.4 Å². The number of guanidine groups is 1. The first-order chi connectivity index (χ1) is 12.1. The summed E-state index contributed by atoms with van der Waals surface area (Å²) in [6.07, 6.45) is 5.46. The number of rotatable bonds is 9. The number of aliphatic hydroxyl groups is 1. The Labute approximate surface area is 159 Å². The predicted molar refractivity (Wildman–Crippen MR) is 106 cm³/mol. The molecule has 5 nitrogen and oxygen atoms in total. The van der Waals surface area contributed by atoms with Crippen molar-refractivity contribution >= 4 is 28.9 Å². The number of aliphatic imine (C=N–C) groups is 1. The third kappa shape index (κ3) is 6.44. The van der Waals surface area contributed by atoms with Crippen molar-refractivity contribution in [3.63, 3.8) is 0 Å². The van der Waals surface area contributed by atoms with E-state index in [1.165, 1.54) is 37.0 Å². The number of hydrogen-bond acceptors (Lipinski definition) is 4. The maximum absolute atomic E-state index is 10.3. The molecule has 0 aliphatic heterocycles. The highest BCUT2D eigenvalue weighted by Gasteiger charge is 2.33. The Balaban J connectivity index is 1.92. The van der Waals surface area contributed by atoms with Crippen molar-refractivity contribution in [3.8, 4) is 0 Å². The maximum atomic E-state index is 10.3. The first-order valence-corrected chi connectivity index (χ1v) is 10.2. The summed E-state index contributed by atoms with van der Waals surface area (Å²) in [4.78, 5) is 5.66. The van der Waals surface area contributed by atoms with Gasteiger partial charge in [0.05, 0.1) is 4.34 Å². The average Bonchev–Trinajstić information content (AvgIpc) is 3.25. The van der Waals surface area contributed by atoms with Crippen LogP contribution in [0.15, 0.2) is 17.1 Å². The van der Waals surface area contributed by atoms with Crippen LogP contribution in [0.4, 0.5) is 0 Å². The van der Waals surface area contributed by atoms with Gasteiger partial charge < -0.3 is 20.5 Å². The van der Waals surface area contributed by atoms with Crippen molar-refractivity contribution in [2.24, 2.45) is 10.4 Å². The van der Waals surface area contributed by atoms with E-state index < -0.39 is 6.10 Å². The van der Waals surface area contributed by atoms with E-state index in [0.717, 1.165) is 37.0 Å². The minimum Gasteiger partial charge on any atom is -0.386 e. The van der Waals surface area contributed by atoms with Crippen LogP contribution in [-0.4, -0.2) is 44.4 Å². The van der Waals surface area contributed by atoms with Crippen molar-refractivity contribution in [1.82, 2.24) is 10.6 Å². The van der Waals surface area contributed by atoms with E-state index in [1.807, 2.05) is 19.1 Å². The first-order valence-electron chi connectivity index (χ1n) is 9.03. The zero-order chi connectivity index (χ0) is 18.1. The van der Waals surface area contributed by atoms with Crippen LogP contribution < -0.4 is 10.6 Å². The van der Waals surface area contributed by atoms with Gasteiger partial charge in [-0.25, -0.2) is 0 Å². The van der Waals surface area contributed by atoms with E-state index in [4.69, 9.17) is 21.3 Å². The topological polar surface area (TPSA) is 65.9 Å². The Morgan fingerprint density at radius 2 is 2.16 bits per heavy atom. The molecule has 1 aromatic heterocycles. The molecule has 1 heterocycles. The number of nitrogens with one attached hydrogen (secondary N) is 2. The molecule has 1 aliphatic carbocycles. The fourth-order valence-electron chi connectivity index (χ4n) is 3.32. The Morgan fingerprint density at radius 1 is 1.40 bits per heavy atom. The van der Waals surface area contributed by atoms with E-state index in [1.54, 1.807) is 7.11 Å². The van der Waals surface area contributed by atoms with Crippen molar-refractivity contribution in [3.05, 3.63) is 21.3 Å². The Morgan fingerprint density at radius 3 is 2.76 bits per heavy atom. The van der Waals surface area contributed by atoms with Crippen molar-refractivity contribution in [2.45, 2.75) is 45.1 Å². The highest BCUT2D eigenvalue weighted by molar-refractivity contribution is 7.16. The highest BCUT2D eigenvalue weighted by atomic mass is 35.5. The molecule has 1 aromatic rings. The van der Waals surface area contributed by atoms with E-state index in [9.17, 15) is 5.11 Å². The second kappa shape index (κ2) is 10.4. The monoisotopic (exact) mass is 387 g/mol. The molecule has 1 aliphatic rings. The maximum Gasteiger partial charge on any atom is 0.191 e. The van der Waals surface area contributed by atoms with Crippen LogP contribution in [0.5, 0.6) is 0 Å². The lowest BCUT2D eigenvalue weighted by atomic mass is 9.83. The molecule has 0 spiro atoms. The third-order valence-corrected chi connectivity index (χ3v) is 6.14. The quantitative estimate of drug-likeness (QED) is 0.447. The lowest BCUT2D eigenvalue weighted by molar-refractivity contribution is 0.141. The number of aliphatic hydroxyl groups excluding tert-OH is 1. The van der Waals surface area contributed by atoms with Gasteiger partial charge in [0.1, 0.15) is 6.10 Å². The number of ether oxygens (including phenoxy) is 1. The SMILES string of the molecule is CCNC(=NCC1(CCOC)CCCC1)NCC(O)c1ccc(Cl)s1. The second-order valence-electron chi connectivity index (χ2n) is 6.68. The summed E-state index contributed by atoms with van der Waals surface area (Å²) in [6.45, 7) is 4.83. The zero-order valence-corrected chi connectivity index (χ0v) is 16.8. The minimum absolute atomic E-state index is 0.262. The Hall–Kier alpha value is -0.820. The lowest BCUT2D eigenvalue weighted by Crippen LogP contribution is -2.40.